The van der Waals surface area contributed by atoms with Gasteiger partial charge in [0, 0.05) is 6.07 Å². The van der Waals surface area contributed by atoms with Crippen molar-refractivity contribution in [2.75, 3.05) is 11.9 Å². The van der Waals surface area contributed by atoms with E-state index in [0.29, 0.717) is 5.82 Å². The fourth-order valence-corrected chi connectivity index (χ4v) is 1.71. The second-order valence-corrected chi connectivity index (χ2v) is 6.30. The number of anilines is 1. The number of carbonyl (C=O) groups excluding carboxylic acids is 2. The van der Waals surface area contributed by atoms with Gasteiger partial charge in [0.05, 0.1) is 6.20 Å². The number of halogens is 4. The molecule has 4 nitrogen and oxygen atoms in total. The molecule has 0 saturated carbocycles. The lowest BCUT2D eigenvalue weighted by atomic mass is 10.2. The molecule has 0 radical (unpaired) electrons. The number of nitrogens with zero attached hydrogens (tertiary/aromatic N) is 1. The molecule has 1 aromatic heterocycles. The van der Waals surface area contributed by atoms with Crippen LogP contribution in [0.5, 0.6) is 0 Å². The molecule has 1 aromatic rings. The van der Waals surface area contributed by atoms with Gasteiger partial charge in [0.15, 0.2) is 16.2 Å². The van der Waals surface area contributed by atoms with E-state index in [9.17, 15) is 9.59 Å². The first-order valence-corrected chi connectivity index (χ1v) is 7.41. The minimum absolute atomic E-state index is 0.000348. The van der Waals surface area contributed by atoms with Crippen molar-refractivity contribution in [2.45, 2.75) is 23.1 Å². The average Bonchev–Trinajstić information content (AvgIpc) is 2.38. The Morgan fingerprint density at radius 3 is 2.35 bits per heavy atom. The van der Waals surface area contributed by atoms with Crippen molar-refractivity contribution in [2.24, 2.45) is 0 Å². The van der Waals surface area contributed by atoms with Crippen LogP contribution < -0.4 is 9.88 Å². The number of hydrogen-bond acceptors (Lipinski definition) is 3. The summed E-state index contributed by atoms with van der Waals surface area (Å²) < 4.78 is 1.61. The quantitative estimate of drug-likeness (QED) is 0.601. The zero-order valence-corrected chi connectivity index (χ0v) is 13.6. The third kappa shape index (κ3) is 5.44. The second kappa shape index (κ2) is 8.03. The molecular formula is C12H13Cl4N2O2+. The summed E-state index contributed by atoms with van der Waals surface area (Å²) in [6, 6.07) is 3.61. The van der Waals surface area contributed by atoms with Crippen molar-refractivity contribution >= 4 is 63.8 Å². The van der Waals surface area contributed by atoms with Gasteiger partial charge in [0.25, 0.3) is 5.82 Å². The number of pyridine rings is 1. The predicted molar refractivity (Wildman–Crippen MR) is 80.9 cm³/mol. The van der Waals surface area contributed by atoms with E-state index in [1.54, 1.807) is 16.8 Å². The lowest BCUT2D eigenvalue weighted by molar-refractivity contribution is -0.670. The number of ketones is 2. The molecule has 1 rings (SSSR count). The Labute approximate surface area is 137 Å². The summed E-state index contributed by atoms with van der Waals surface area (Å²) in [6.45, 7) is 1.84. The van der Waals surface area contributed by atoms with Gasteiger partial charge in [-0.1, -0.05) is 46.4 Å². The van der Waals surface area contributed by atoms with Gasteiger partial charge in [0.2, 0.25) is 11.6 Å². The molecule has 0 atom stereocenters. The van der Waals surface area contributed by atoms with Crippen LogP contribution in [-0.4, -0.2) is 27.8 Å². The molecule has 0 aliphatic heterocycles. The van der Waals surface area contributed by atoms with Gasteiger partial charge in [-0.05, 0) is 18.6 Å². The van der Waals surface area contributed by atoms with E-state index in [0.717, 1.165) is 5.56 Å². The third-order valence-corrected chi connectivity index (χ3v) is 3.42. The number of nitrogens with one attached hydrogen (secondary N) is 1. The largest absolute Gasteiger partial charge is 0.292 e. The molecule has 110 valence electrons. The first kappa shape index (κ1) is 17.5. The Morgan fingerprint density at radius 2 is 1.80 bits per heavy atom. The van der Waals surface area contributed by atoms with Crippen molar-refractivity contribution in [3.8, 4) is 0 Å². The van der Waals surface area contributed by atoms with Gasteiger partial charge in [0.1, 0.15) is 6.54 Å². The Bertz CT molecular complexity index is 506. The van der Waals surface area contributed by atoms with Crippen LogP contribution in [0.2, 0.25) is 0 Å². The maximum absolute atomic E-state index is 11.6. The van der Waals surface area contributed by atoms with Crippen LogP contribution in [-0.2, 0) is 16.1 Å². The Kier molecular flexibility index (Phi) is 7.03. The zero-order valence-electron chi connectivity index (χ0n) is 10.6. The van der Waals surface area contributed by atoms with Crippen molar-refractivity contribution in [1.29, 1.82) is 0 Å². The molecule has 1 heterocycles. The summed E-state index contributed by atoms with van der Waals surface area (Å²) in [5.41, 5.74) is 0.963. The van der Waals surface area contributed by atoms with Gasteiger partial charge in [-0.15, -0.1) is 0 Å². The fourth-order valence-electron chi connectivity index (χ4n) is 1.42. The number of carbonyl (C=O) groups is 2. The molecule has 0 aliphatic rings. The highest BCUT2D eigenvalue weighted by Crippen LogP contribution is 2.08. The maximum Gasteiger partial charge on any atom is 0.275 e. The van der Waals surface area contributed by atoms with E-state index in [-0.39, 0.29) is 24.7 Å². The number of alkyl halides is 4. The van der Waals surface area contributed by atoms with E-state index in [4.69, 9.17) is 46.4 Å². The van der Waals surface area contributed by atoms with Crippen LogP contribution >= 0.6 is 46.4 Å². The third-order valence-electron chi connectivity index (χ3n) is 2.45. The summed E-state index contributed by atoms with van der Waals surface area (Å²) in [6.07, 6.45) is 1.70. The van der Waals surface area contributed by atoms with E-state index < -0.39 is 9.67 Å². The highest BCUT2D eigenvalue weighted by molar-refractivity contribution is 6.54. The van der Waals surface area contributed by atoms with E-state index in [2.05, 4.69) is 5.32 Å². The minimum Gasteiger partial charge on any atom is -0.292 e. The molecule has 0 aromatic carbocycles. The number of Topliss-reactive ketones (excluding diaryl/α,β-unsaturated/α-hetero) is 2. The maximum atomic E-state index is 11.6. The molecule has 0 saturated heterocycles. The topological polar surface area (TPSA) is 50.0 Å². The molecule has 0 spiro atoms. The molecule has 1 N–H and O–H groups in total. The second-order valence-electron chi connectivity index (χ2n) is 4.10. The van der Waals surface area contributed by atoms with Gasteiger partial charge >= 0.3 is 0 Å². The Hall–Kier alpha value is -0.550. The SMILES string of the molecule is Cc1cc[n+](CC(=O)C(Cl)Cl)c(NCC(=O)C(Cl)Cl)c1. The summed E-state index contributed by atoms with van der Waals surface area (Å²) in [5.74, 6) is -0.126. The van der Waals surface area contributed by atoms with Crippen molar-refractivity contribution in [3.63, 3.8) is 0 Å². The molecule has 0 fully saturated rings. The highest BCUT2D eigenvalue weighted by atomic mass is 35.5. The monoisotopic (exact) mass is 357 g/mol. The molecule has 0 unspecified atom stereocenters. The summed E-state index contributed by atoms with van der Waals surface area (Å²) in [4.78, 5) is 20.8. The van der Waals surface area contributed by atoms with Crippen molar-refractivity contribution < 1.29 is 14.2 Å². The van der Waals surface area contributed by atoms with Crippen LogP contribution in [0, 0.1) is 6.92 Å². The number of aryl methyl sites for hydroxylation is 1. The van der Waals surface area contributed by atoms with E-state index >= 15 is 0 Å². The highest BCUT2D eigenvalue weighted by Gasteiger charge is 2.20. The van der Waals surface area contributed by atoms with Gasteiger partial charge in [-0.3, -0.25) is 14.9 Å². The van der Waals surface area contributed by atoms with Crippen molar-refractivity contribution in [1.82, 2.24) is 0 Å². The Morgan fingerprint density at radius 1 is 1.20 bits per heavy atom. The van der Waals surface area contributed by atoms with Crippen LogP contribution in [0.25, 0.3) is 0 Å². The fraction of sp³-hybridized carbons (Fsp3) is 0.417. The van der Waals surface area contributed by atoms with Gasteiger partial charge < -0.3 is 0 Å². The Balaban J connectivity index is 2.85. The first-order chi connectivity index (χ1) is 9.31. The number of hydrogen-bond donors (Lipinski definition) is 1. The standard InChI is InChI=1S/C12H12Cl4N2O2/c1-7-2-3-18(6-9(20)12(15)16)10(4-7)17-5-8(19)11(13)14/h2-4,11-12H,5-6H2,1H3/p+1. The number of rotatable bonds is 7. The van der Waals surface area contributed by atoms with E-state index in [1.165, 1.54) is 0 Å². The van der Waals surface area contributed by atoms with E-state index in [1.807, 2.05) is 13.0 Å². The molecule has 20 heavy (non-hydrogen) atoms. The lowest BCUT2D eigenvalue weighted by Crippen LogP contribution is -2.42. The van der Waals surface area contributed by atoms with Gasteiger partial charge in [-0.2, -0.15) is 0 Å². The molecule has 8 heteroatoms. The van der Waals surface area contributed by atoms with Crippen LogP contribution in [0.15, 0.2) is 18.3 Å². The smallest absolute Gasteiger partial charge is 0.275 e. The van der Waals surface area contributed by atoms with Crippen LogP contribution in [0.3, 0.4) is 0 Å². The molecule has 0 amide bonds. The normalized spacial score (nSPS) is 10.9. The predicted octanol–water partition coefficient (Wildman–Crippen LogP) is 2.44. The first-order valence-electron chi connectivity index (χ1n) is 5.67. The molecular weight excluding hydrogens is 346 g/mol. The van der Waals surface area contributed by atoms with Crippen LogP contribution in [0.4, 0.5) is 5.82 Å². The molecule has 0 bridgehead atoms. The number of aromatic nitrogens is 1. The van der Waals surface area contributed by atoms with Gasteiger partial charge in [-0.25, -0.2) is 4.57 Å². The lowest BCUT2D eigenvalue weighted by Gasteiger charge is -2.08. The minimum atomic E-state index is -1.09. The van der Waals surface area contributed by atoms with Crippen molar-refractivity contribution in [3.05, 3.63) is 23.9 Å². The molecule has 0 aliphatic carbocycles. The average molecular weight is 359 g/mol. The zero-order chi connectivity index (χ0) is 15.3. The van der Waals surface area contributed by atoms with Crippen LogP contribution in [0.1, 0.15) is 5.56 Å². The summed E-state index contributed by atoms with van der Waals surface area (Å²) >= 11 is 22.0. The summed E-state index contributed by atoms with van der Waals surface area (Å²) in [7, 11) is 0. The summed E-state index contributed by atoms with van der Waals surface area (Å²) in [5, 5.41) is 2.89.